The van der Waals surface area contributed by atoms with Crippen LogP contribution in [0.3, 0.4) is 0 Å². The largest absolute Gasteiger partial charge is 0.493 e. The van der Waals surface area contributed by atoms with Gasteiger partial charge in [-0.25, -0.2) is 0 Å². The number of nitrogens with one attached hydrogen (secondary N) is 1. The summed E-state index contributed by atoms with van der Waals surface area (Å²) < 4.78 is 17.0. The molecule has 0 bridgehead atoms. The van der Waals surface area contributed by atoms with Crippen LogP contribution in [0.5, 0.6) is 17.2 Å². The van der Waals surface area contributed by atoms with Crippen molar-refractivity contribution in [1.82, 2.24) is 9.97 Å². The maximum atomic E-state index is 12.7. The maximum Gasteiger partial charge on any atom is 0.255 e. The zero-order valence-corrected chi connectivity index (χ0v) is 18.1. The Morgan fingerprint density at radius 3 is 2.33 bits per heavy atom. The highest BCUT2D eigenvalue weighted by Crippen LogP contribution is 2.31. The molecule has 7 heteroatoms. The molecule has 2 aromatic heterocycles. The van der Waals surface area contributed by atoms with Crippen LogP contribution in [0.1, 0.15) is 21.5 Å². The summed E-state index contributed by atoms with van der Waals surface area (Å²) in [5.74, 6) is 1.55. The Bertz CT molecular complexity index is 1180. The highest BCUT2D eigenvalue weighted by atomic mass is 16.5. The predicted molar refractivity (Wildman–Crippen MR) is 125 cm³/mol. The van der Waals surface area contributed by atoms with Gasteiger partial charge in [-0.1, -0.05) is 6.07 Å². The molecule has 1 N–H and O–H groups in total. The van der Waals surface area contributed by atoms with E-state index < -0.39 is 0 Å². The third-order valence-corrected chi connectivity index (χ3v) is 4.81. The number of methoxy groups -OCH3 is 1. The number of aromatic nitrogens is 2. The van der Waals surface area contributed by atoms with Crippen molar-refractivity contribution < 1.29 is 19.0 Å². The topological polar surface area (TPSA) is 82.6 Å². The van der Waals surface area contributed by atoms with Crippen molar-refractivity contribution in [3.63, 3.8) is 0 Å². The Hall–Kier alpha value is -4.39. The molecule has 0 fully saturated rings. The first-order chi connectivity index (χ1) is 16.2. The van der Waals surface area contributed by atoms with Crippen LogP contribution in [0.15, 0.2) is 91.5 Å². The third-order valence-electron chi connectivity index (χ3n) is 4.81. The number of nitrogens with zero attached hydrogens (tertiary/aromatic N) is 2. The molecule has 0 aliphatic rings. The van der Waals surface area contributed by atoms with Crippen LogP contribution in [-0.4, -0.2) is 23.0 Å². The minimum absolute atomic E-state index is 0.237. The molecular formula is C26H23N3O4. The number of ether oxygens (including phenoxy) is 3. The normalized spacial score (nSPS) is 10.3. The predicted octanol–water partition coefficient (Wildman–Crippen LogP) is 4.90. The molecular weight excluding hydrogens is 418 g/mol. The number of hydrogen-bond donors (Lipinski definition) is 1. The van der Waals surface area contributed by atoms with E-state index in [1.54, 1.807) is 74.4 Å². The van der Waals surface area contributed by atoms with Crippen molar-refractivity contribution in [2.24, 2.45) is 0 Å². The summed E-state index contributed by atoms with van der Waals surface area (Å²) in [6, 6.07) is 19.8. The Morgan fingerprint density at radius 2 is 1.61 bits per heavy atom. The van der Waals surface area contributed by atoms with Gasteiger partial charge in [0.1, 0.15) is 19.0 Å². The van der Waals surface area contributed by atoms with Gasteiger partial charge < -0.3 is 19.5 Å². The lowest BCUT2D eigenvalue weighted by Gasteiger charge is -2.13. The number of benzene rings is 2. The number of hydrogen-bond acceptors (Lipinski definition) is 6. The molecule has 0 aliphatic carbocycles. The van der Waals surface area contributed by atoms with Crippen molar-refractivity contribution in [2.45, 2.75) is 13.2 Å². The van der Waals surface area contributed by atoms with E-state index in [0.29, 0.717) is 41.7 Å². The van der Waals surface area contributed by atoms with Crippen LogP contribution in [-0.2, 0) is 13.2 Å². The number of carbonyl (C=O) groups is 1. The number of anilines is 1. The Kier molecular flexibility index (Phi) is 7.12. The molecule has 0 radical (unpaired) electrons. The molecule has 4 rings (SSSR count). The van der Waals surface area contributed by atoms with Crippen molar-refractivity contribution >= 4 is 11.6 Å². The molecule has 0 unspecified atom stereocenters. The van der Waals surface area contributed by atoms with Gasteiger partial charge in [-0.3, -0.25) is 14.8 Å². The Morgan fingerprint density at radius 1 is 0.818 bits per heavy atom. The van der Waals surface area contributed by atoms with Gasteiger partial charge in [0.25, 0.3) is 5.91 Å². The van der Waals surface area contributed by atoms with E-state index in [2.05, 4.69) is 15.3 Å². The lowest BCUT2D eigenvalue weighted by molar-refractivity contribution is 0.102. The van der Waals surface area contributed by atoms with E-state index in [-0.39, 0.29) is 5.91 Å². The van der Waals surface area contributed by atoms with Crippen LogP contribution < -0.4 is 19.5 Å². The van der Waals surface area contributed by atoms with Gasteiger partial charge in [-0.15, -0.1) is 0 Å². The Balaban J connectivity index is 1.38. The number of pyridine rings is 2. The smallest absolute Gasteiger partial charge is 0.255 e. The van der Waals surface area contributed by atoms with Crippen LogP contribution in [0.4, 0.5) is 5.69 Å². The van der Waals surface area contributed by atoms with E-state index in [4.69, 9.17) is 14.2 Å². The van der Waals surface area contributed by atoms with Gasteiger partial charge in [0.15, 0.2) is 11.5 Å². The van der Waals surface area contributed by atoms with Crippen LogP contribution in [0.25, 0.3) is 0 Å². The molecule has 33 heavy (non-hydrogen) atoms. The molecule has 0 spiro atoms. The molecule has 7 nitrogen and oxygen atoms in total. The molecule has 0 atom stereocenters. The lowest BCUT2D eigenvalue weighted by atomic mass is 10.2. The summed E-state index contributed by atoms with van der Waals surface area (Å²) in [4.78, 5) is 20.8. The Labute approximate surface area is 192 Å². The summed E-state index contributed by atoms with van der Waals surface area (Å²) in [6.07, 6.45) is 6.89. The summed E-state index contributed by atoms with van der Waals surface area (Å²) >= 11 is 0. The average Bonchev–Trinajstić information content (AvgIpc) is 2.88. The second-order valence-corrected chi connectivity index (χ2v) is 7.14. The molecule has 1 amide bonds. The molecule has 166 valence electrons. The minimum atomic E-state index is -0.237. The highest BCUT2D eigenvalue weighted by Gasteiger charge is 2.11. The van der Waals surface area contributed by atoms with Crippen molar-refractivity contribution in [2.75, 3.05) is 12.4 Å². The van der Waals surface area contributed by atoms with E-state index >= 15 is 0 Å². The molecule has 0 aliphatic heterocycles. The standard InChI is InChI=1S/C26H23N3O4/c1-31-24-9-6-22(15-25(24)33-17-19-10-13-27-14-11-19)29-26(30)21-4-7-23(8-5-21)32-18-20-3-2-12-28-16-20/h2-16H,17-18H2,1H3,(H,29,30). The molecule has 2 aromatic carbocycles. The number of amides is 1. The van der Waals surface area contributed by atoms with E-state index in [1.807, 2.05) is 24.3 Å². The first-order valence-corrected chi connectivity index (χ1v) is 10.3. The van der Waals surface area contributed by atoms with E-state index in [0.717, 1.165) is 11.1 Å². The molecule has 4 aromatic rings. The van der Waals surface area contributed by atoms with Crippen LogP contribution in [0.2, 0.25) is 0 Å². The van der Waals surface area contributed by atoms with Crippen molar-refractivity contribution in [3.05, 3.63) is 108 Å². The average molecular weight is 441 g/mol. The fraction of sp³-hybridized carbons (Fsp3) is 0.115. The van der Waals surface area contributed by atoms with Gasteiger partial charge in [0.05, 0.1) is 7.11 Å². The fourth-order valence-electron chi connectivity index (χ4n) is 3.06. The SMILES string of the molecule is COc1ccc(NC(=O)c2ccc(OCc3cccnc3)cc2)cc1OCc1ccncc1. The van der Waals surface area contributed by atoms with Gasteiger partial charge in [-0.05, 0) is 60.2 Å². The van der Waals surface area contributed by atoms with Crippen molar-refractivity contribution in [1.29, 1.82) is 0 Å². The summed E-state index contributed by atoms with van der Waals surface area (Å²) in [5, 5.41) is 2.89. The second kappa shape index (κ2) is 10.8. The van der Waals surface area contributed by atoms with Crippen LogP contribution >= 0.6 is 0 Å². The van der Waals surface area contributed by atoms with E-state index in [1.165, 1.54) is 0 Å². The van der Waals surface area contributed by atoms with Gasteiger partial charge in [0.2, 0.25) is 0 Å². The summed E-state index contributed by atoms with van der Waals surface area (Å²) in [5.41, 5.74) is 3.06. The summed E-state index contributed by atoms with van der Waals surface area (Å²) in [7, 11) is 1.57. The number of carbonyl (C=O) groups excluding carboxylic acids is 1. The fourth-order valence-corrected chi connectivity index (χ4v) is 3.06. The first kappa shape index (κ1) is 21.8. The second-order valence-electron chi connectivity index (χ2n) is 7.14. The molecule has 0 saturated heterocycles. The van der Waals surface area contributed by atoms with Crippen LogP contribution in [0, 0.1) is 0 Å². The monoisotopic (exact) mass is 441 g/mol. The highest BCUT2D eigenvalue weighted by molar-refractivity contribution is 6.04. The quantitative estimate of drug-likeness (QED) is 0.398. The van der Waals surface area contributed by atoms with Gasteiger partial charge in [-0.2, -0.15) is 0 Å². The summed E-state index contributed by atoms with van der Waals surface area (Å²) in [6.45, 7) is 0.768. The van der Waals surface area contributed by atoms with E-state index in [9.17, 15) is 4.79 Å². The lowest BCUT2D eigenvalue weighted by Crippen LogP contribution is -2.12. The molecule has 2 heterocycles. The first-order valence-electron chi connectivity index (χ1n) is 10.3. The van der Waals surface area contributed by atoms with Gasteiger partial charge >= 0.3 is 0 Å². The minimum Gasteiger partial charge on any atom is -0.493 e. The zero-order valence-electron chi connectivity index (χ0n) is 18.1. The molecule has 0 saturated carbocycles. The van der Waals surface area contributed by atoms with Gasteiger partial charge in [0, 0.05) is 47.7 Å². The van der Waals surface area contributed by atoms with Crippen molar-refractivity contribution in [3.8, 4) is 17.2 Å². The number of rotatable bonds is 9. The maximum absolute atomic E-state index is 12.7. The third kappa shape index (κ3) is 6.07. The zero-order chi connectivity index (χ0) is 22.9.